The Morgan fingerprint density at radius 3 is 2.64 bits per heavy atom. The molecule has 2 heterocycles. The molecule has 0 fully saturated rings. The van der Waals surface area contributed by atoms with Crippen LogP contribution in [0.15, 0.2) is 48.5 Å². The monoisotopic (exact) mass is 389 g/mol. The number of hydrogen-bond donors (Lipinski definition) is 1. The second-order valence-electron chi connectivity index (χ2n) is 7.19. The first-order valence-corrected chi connectivity index (χ1v) is 9.94. The van der Waals surface area contributed by atoms with Gasteiger partial charge in [0.2, 0.25) is 0 Å². The number of nitrogens with one attached hydrogen (secondary N) is 1. The molecule has 1 N–H and O–H groups in total. The number of hydrogen-bond acceptors (Lipinski definition) is 4. The third-order valence-corrected chi connectivity index (χ3v) is 5.64. The van der Waals surface area contributed by atoms with E-state index >= 15 is 0 Å². The van der Waals surface area contributed by atoms with Crippen LogP contribution in [0.2, 0.25) is 5.02 Å². The topological polar surface area (TPSA) is 55.1 Å². The number of aryl methyl sites for hydroxylation is 2. The van der Waals surface area contributed by atoms with E-state index in [1.54, 1.807) is 0 Å². The van der Waals surface area contributed by atoms with E-state index < -0.39 is 0 Å². The van der Waals surface area contributed by atoms with Crippen molar-refractivity contribution in [3.05, 3.63) is 70.4 Å². The Morgan fingerprint density at radius 2 is 1.82 bits per heavy atom. The Hall–Kier alpha value is -2.92. The fourth-order valence-electron chi connectivity index (χ4n) is 3.69. The molecule has 0 spiro atoms. The van der Waals surface area contributed by atoms with E-state index in [2.05, 4.69) is 5.32 Å². The summed E-state index contributed by atoms with van der Waals surface area (Å²) in [4.78, 5) is 9.52. The third kappa shape index (κ3) is 3.02. The first kappa shape index (κ1) is 17.2. The van der Waals surface area contributed by atoms with Gasteiger partial charge >= 0.3 is 0 Å². The van der Waals surface area contributed by atoms with Gasteiger partial charge in [0.05, 0.1) is 5.69 Å². The standard InChI is InChI=1S/C22H20ClN5/c1-14-11-12-16(13-18(14)23)24-21-17-9-5-6-10-19(17)25-22-26-20(27-28(21)22)15-7-3-2-4-8-15/h2-4,7-8,11-13,24H,5-6,9-10H2,1H3. The zero-order chi connectivity index (χ0) is 19.1. The summed E-state index contributed by atoms with van der Waals surface area (Å²) in [5, 5.41) is 9.06. The molecule has 0 amide bonds. The fraction of sp³-hybridized carbons (Fsp3) is 0.227. The summed E-state index contributed by atoms with van der Waals surface area (Å²) in [7, 11) is 0. The molecule has 1 aliphatic carbocycles. The normalized spacial score (nSPS) is 13.5. The van der Waals surface area contributed by atoms with Gasteiger partial charge in [-0.2, -0.15) is 9.50 Å². The van der Waals surface area contributed by atoms with Gasteiger partial charge in [0, 0.05) is 21.8 Å². The molecule has 5 rings (SSSR count). The van der Waals surface area contributed by atoms with Crippen LogP contribution in [-0.2, 0) is 12.8 Å². The zero-order valence-corrected chi connectivity index (χ0v) is 16.4. The van der Waals surface area contributed by atoms with Gasteiger partial charge in [0.25, 0.3) is 5.78 Å². The number of fused-ring (bicyclic) bond motifs is 2. The molecule has 5 nitrogen and oxygen atoms in total. The van der Waals surface area contributed by atoms with E-state index in [-0.39, 0.29) is 0 Å². The smallest absolute Gasteiger partial charge is 0.254 e. The maximum absolute atomic E-state index is 6.34. The molecule has 0 radical (unpaired) electrons. The lowest BCUT2D eigenvalue weighted by Crippen LogP contribution is -2.13. The summed E-state index contributed by atoms with van der Waals surface area (Å²) < 4.78 is 1.83. The summed E-state index contributed by atoms with van der Waals surface area (Å²) >= 11 is 6.34. The molecule has 0 atom stereocenters. The number of benzene rings is 2. The average Bonchev–Trinajstić information content (AvgIpc) is 3.15. The lowest BCUT2D eigenvalue weighted by Gasteiger charge is -2.20. The molecule has 2 aromatic carbocycles. The van der Waals surface area contributed by atoms with Gasteiger partial charge in [0.15, 0.2) is 5.82 Å². The lowest BCUT2D eigenvalue weighted by molar-refractivity contribution is 0.662. The Kier molecular flexibility index (Phi) is 4.24. The van der Waals surface area contributed by atoms with Gasteiger partial charge in [-0.05, 0) is 50.3 Å². The molecule has 4 aromatic rings. The second kappa shape index (κ2) is 6.91. The first-order chi connectivity index (χ1) is 13.7. The Balaban J connectivity index is 1.68. The highest BCUT2D eigenvalue weighted by atomic mass is 35.5. The van der Waals surface area contributed by atoms with Crippen molar-refractivity contribution in [1.29, 1.82) is 0 Å². The average molecular weight is 390 g/mol. The Morgan fingerprint density at radius 1 is 1.00 bits per heavy atom. The predicted molar refractivity (Wildman–Crippen MR) is 112 cm³/mol. The molecule has 0 saturated heterocycles. The number of nitrogens with zero attached hydrogens (tertiary/aromatic N) is 4. The van der Waals surface area contributed by atoms with Crippen molar-refractivity contribution in [3.63, 3.8) is 0 Å². The molecule has 0 unspecified atom stereocenters. The fourth-order valence-corrected chi connectivity index (χ4v) is 3.87. The maximum atomic E-state index is 6.34. The van der Waals surface area contributed by atoms with Gasteiger partial charge < -0.3 is 5.32 Å². The van der Waals surface area contributed by atoms with E-state index in [0.717, 1.165) is 59.0 Å². The van der Waals surface area contributed by atoms with Crippen LogP contribution in [0.4, 0.5) is 11.5 Å². The van der Waals surface area contributed by atoms with Gasteiger partial charge in [-0.15, -0.1) is 5.10 Å². The van der Waals surface area contributed by atoms with Gasteiger partial charge in [-0.1, -0.05) is 48.0 Å². The van der Waals surface area contributed by atoms with E-state index in [9.17, 15) is 0 Å². The predicted octanol–water partition coefficient (Wildman–Crippen LogP) is 5.38. The molecule has 0 bridgehead atoms. The molecule has 140 valence electrons. The Labute approximate surface area is 168 Å². The maximum Gasteiger partial charge on any atom is 0.254 e. The van der Waals surface area contributed by atoms with Crippen LogP contribution in [0, 0.1) is 6.92 Å². The minimum absolute atomic E-state index is 0.625. The van der Waals surface area contributed by atoms with Crippen LogP contribution in [0.5, 0.6) is 0 Å². The van der Waals surface area contributed by atoms with Gasteiger partial charge in [-0.25, -0.2) is 4.98 Å². The van der Waals surface area contributed by atoms with Crippen LogP contribution >= 0.6 is 11.6 Å². The molecule has 0 saturated carbocycles. The minimum atomic E-state index is 0.625. The van der Waals surface area contributed by atoms with Crippen molar-refractivity contribution in [2.75, 3.05) is 5.32 Å². The van der Waals surface area contributed by atoms with Crippen molar-refractivity contribution in [2.24, 2.45) is 0 Å². The molecular weight excluding hydrogens is 370 g/mol. The third-order valence-electron chi connectivity index (χ3n) is 5.23. The summed E-state index contributed by atoms with van der Waals surface area (Å²) in [5.74, 6) is 2.25. The highest BCUT2D eigenvalue weighted by molar-refractivity contribution is 6.31. The van der Waals surface area contributed by atoms with Crippen LogP contribution in [-0.4, -0.2) is 19.6 Å². The first-order valence-electron chi connectivity index (χ1n) is 9.56. The SMILES string of the molecule is Cc1ccc(Nc2c3c(nc4nc(-c5ccccc5)nn24)CCCC3)cc1Cl. The van der Waals surface area contributed by atoms with Crippen molar-refractivity contribution >= 4 is 28.9 Å². The number of aromatic nitrogens is 4. The second-order valence-corrected chi connectivity index (χ2v) is 7.60. The number of rotatable bonds is 3. The molecule has 1 aliphatic rings. The van der Waals surface area contributed by atoms with Crippen molar-refractivity contribution in [1.82, 2.24) is 19.6 Å². The summed E-state index contributed by atoms with van der Waals surface area (Å²) in [5.41, 5.74) is 5.32. The minimum Gasteiger partial charge on any atom is -0.340 e. The highest BCUT2D eigenvalue weighted by Crippen LogP contribution is 2.31. The molecule has 28 heavy (non-hydrogen) atoms. The zero-order valence-electron chi connectivity index (χ0n) is 15.6. The summed E-state index contributed by atoms with van der Waals surface area (Å²) in [6.45, 7) is 2.00. The molecule has 6 heteroatoms. The number of halogens is 1. The van der Waals surface area contributed by atoms with E-state index in [1.165, 1.54) is 5.56 Å². The van der Waals surface area contributed by atoms with Gasteiger partial charge in [0.1, 0.15) is 5.82 Å². The molecule has 0 aliphatic heterocycles. The quantitative estimate of drug-likeness (QED) is 0.511. The van der Waals surface area contributed by atoms with E-state index in [1.807, 2.05) is 60.0 Å². The highest BCUT2D eigenvalue weighted by Gasteiger charge is 2.21. The van der Waals surface area contributed by atoms with E-state index in [4.69, 9.17) is 26.7 Å². The van der Waals surface area contributed by atoms with Crippen molar-refractivity contribution < 1.29 is 0 Å². The van der Waals surface area contributed by atoms with Crippen LogP contribution in [0.3, 0.4) is 0 Å². The van der Waals surface area contributed by atoms with Crippen LogP contribution in [0.1, 0.15) is 29.7 Å². The van der Waals surface area contributed by atoms with Crippen molar-refractivity contribution in [2.45, 2.75) is 32.6 Å². The van der Waals surface area contributed by atoms with Crippen LogP contribution in [0.25, 0.3) is 17.2 Å². The molecule has 2 aromatic heterocycles. The van der Waals surface area contributed by atoms with Crippen molar-refractivity contribution in [3.8, 4) is 11.4 Å². The summed E-state index contributed by atoms with van der Waals surface area (Å²) in [6.07, 6.45) is 4.28. The van der Waals surface area contributed by atoms with E-state index in [0.29, 0.717) is 11.6 Å². The number of anilines is 2. The lowest BCUT2D eigenvalue weighted by atomic mass is 9.96. The Bertz CT molecular complexity index is 1170. The largest absolute Gasteiger partial charge is 0.340 e. The van der Waals surface area contributed by atoms with Gasteiger partial charge in [-0.3, -0.25) is 0 Å². The summed E-state index contributed by atoms with van der Waals surface area (Å²) in [6, 6.07) is 16.0. The van der Waals surface area contributed by atoms with Crippen LogP contribution < -0.4 is 5.32 Å². The molecular formula is C22H20ClN5.